The van der Waals surface area contributed by atoms with Gasteiger partial charge in [0, 0.05) is 20.3 Å². The van der Waals surface area contributed by atoms with Gasteiger partial charge < -0.3 is 165 Å². The second-order valence-electron chi connectivity index (χ2n) is 32.8. The highest BCUT2D eigenvalue weighted by molar-refractivity contribution is 5.76. The third-order valence-electron chi connectivity index (χ3n) is 23.2. The van der Waals surface area contributed by atoms with E-state index >= 15 is 0 Å². The largest absolute Gasteiger partial charge is 0.394 e. The molecule has 0 aliphatic carbocycles. The molecule has 12 unspecified atom stereocenters. The number of nitrogens with one attached hydrogen (secondary N) is 3. The monoisotopic (exact) mass is 1700 g/mol. The number of carbonyl (C=O) groups is 3. The minimum absolute atomic E-state index is 0.145. The Balaban J connectivity index is 1.16. The maximum Gasteiger partial charge on any atom is 0.220 e. The van der Waals surface area contributed by atoms with Gasteiger partial charge in [0.05, 0.1) is 58.4 Å². The van der Waals surface area contributed by atoms with Gasteiger partial charge >= 0.3 is 0 Å². The quantitative estimate of drug-likeness (QED) is 0.0280. The van der Waals surface area contributed by atoms with E-state index in [1.807, 2.05) is 6.08 Å². The molecule has 0 spiro atoms. The molecular formula is C82H149N3O33. The first kappa shape index (κ1) is 104. The van der Waals surface area contributed by atoms with Gasteiger partial charge in [-0.05, 0) is 19.3 Å². The second-order valence-corrected chi connectivity index (χ2v) is 32.8. The van der Waals surface area contributed by atoms with E-state index in [4.69, 9.17) is 56.8 Å². The first-order chi connectivity index (χ1) is 56.8. The average molecular weight is 1710 g/mol. The van der Waals surface area contributed by atoms with Crippen molar-refractivity contribution in [2.24, 2.45) is 0 Å². The first-order valence-electron chi connectivity index (χ1n) is 44.0. The number of hydrogen-bond donors (Lipinski definition) is 21. The number of aliphatic hydroxyl groups excluding tert-OH is 18. The van der Waals surface area contributed by atoms with Crippen LogP contribution in [0.2, 0.25) is 0 Å². The minimum Gasteiger partial charge on any atom is -0.394 e. The highest BCUT2D eigenvalue weighted by Gasteiger charge is 2.58. The van der Waals surface area contributed by atoms with Gasteiger partial charge in [-0.15, -0.1) is 0 Å². The smallest absolute Gasteiger partial charge is 0.220 e. The molecule has 6 heterocycles. The van der Waals surface area contributed by atoms with E-state index in [1.54, 1.807) is 6.08 Å². The van der Waals surface area contributed by atoms with Crippen LogP contribution in [0.5, 0.6) is 0 Å². The molecule has 0 aromatic rings. The Morgan fingerprint density at radius 1 is 0.339 bits per heavy atom. The lowest BCUT2D eigenvalue weighted by Crippen LogP contribution is -2.69. The Morgan fingerprint density at radius 2 is 0.678 bits per heavy atom. The van der Waals surface area contributed by atoms with Crippen LogP contribution in [-0.2, 0) is 71.2 Å². The van der Waals surface area contributed by atoms with Gasteiger partial charge in [-0.3, -0.25) is 14.4 Å². The van der Waals surface area contributed by atoms with Gasteiger partial charge in [-0.2, -0.15) is 0 Å². The summed E-state index contributed by atoms with van der Waals surface area (Å²) >= 11 is 0. The van der Waals surface area contributed by atoms with E-state index < -0.39 is 254 Å². The maximum atomic E-state index is 13.7. The van der Waals surface area contributed by atoms with Gasteiger partial charge in [0.25, 0.3) is 0 Å². The summed E-state index contributed by atoms with van der Waals surface area (Å²) in [7, 11) is 0. The molecule has 6 saturated heterocycles. The lowest BCUT2D eigenvalue weighted by Gasteiger charge is -2.50. The zero-order valence-electron chi connectivity index (χ0n) is 69.8. The van der Waals surface area contributed by atoms with Crippen LogP contribution >= 0.6 is 0 Å². The molecule has 21 N–H and O–H groups in total. The van der Waals surface area contributed by atoms with Gasteiger partial charge in [0.2, 0.25) is 17.7 Å². The van der Waals surface area contributed by atoms with E-state index in [0.717, 1.165) is 65.2 Å². The van der Waals surface area contributed by atoms with E-state index in [2.05, 4.69) is 29.8 Å². The van der Waals surface area contributed by atoms with E-state index in [-0.39, 0.29) is 12.3 Å². The molecule has 0 radical (unpaired) electrons. The van der Waals surface area contributed by atoms with Crippen molar-refractivity contribution in [2.75, 3.05) is 46.2 Å². The molecule has 6 aliphatic rings. The van der Waals surface area contributed by atoms with Crippen molar-refractivity contribution >= 4 is 17.7 Å². The molecule has 0 saturated carbocycles. The van der Waals surface area contributed by atoms with Crippen molar-refractivity contribution in [2.45, 2.75) is 442 Å². The zero-order valence-corrected chi connectivity index (χ0v) is 69.8. The van der Waals surface area contributed by atoms with Crippen LogP contribution in [-0.4, -0.2) is 352 Å². The number of amides is 3. The highest BCUT2D eigenvalue weighted by atomic mass is 16.8. The third-order valence-corrected chi connectivity index (χ3v) is 23.2. The summed E-state index contributed by atoms with van der Waals surface area (Å²) in [6.07, 6.45) is -13.5. The molecule has 0 bridgehead atoms. The molecule has 3 amide bonds. The molecule has 690 valence electrons. The summed E-state index contributed by atoms with van der Waals surface area (Å²) in [5.41, 5.74) is 0. The minimum atomic E-state index is -2.34. The topological polar surface area (TPSA) is 562 Å². The number of unbranched alkanes of at least 4 members (excludes halogenated alkanes) is 31. The first-order valence-corrected chi connectivity index (χ1v) is 44.0. The standard InChI is InChI=1S/C82H149N3O33/c1-5-7-9-11-13-15-17-19-20-21-22-23-24-25-26-28-30-32-34-36-38-40-58(94)85-50(51(93)39-37-35-33-31-29-27-18-16-14-12-10-8-6-2)46-107-79-70(104)68(102)74(56(45-90)113-79)116-82-72(106)76(118-81-71(105)75(63(97)54(43-88)111-81)117-78-59(83-48(3)91)65(99)61(95)52(41-86)109-78)64(98)57(114-82)47-108-77-60(84-49(4)92)66(100)73(55(44-89)112-77)115-80-69(103)67(101)62(96)53(42-87)110-80/h37,39,50-57,59-82,86-90,93,95-106H,5-36,38,40-47H2,1-4H3,(H,83,91)(H,84,92)(H,85,94)/b39-37+/t50-,51+,52?,53?,54?,55?,56?,57?,59?,60?,61-,62-,63-,64-,65+,66+,67-,68+,69?,70?,71?,72?,73+,74+,75-,76-,77+,78-,79+,80-,81+,82-/m0/s1. The number of ether oxygens (including phenoxy) is 12. The summed E-state index contributed by atoms with van der Waals surface area (Å²) < 4.78 is 71.4. The Morgan fingerprint density at radius 3 is 1.13 bits per heavy atom. The van der Waals surface area contributed by atoms with Gasteiger partial charge in [0.15, 0.2) is 37.7 Å². The fourth-order valence-corrected chi connectivity index (χ4v) is 16.1. The van der Waals surface area contributed by atoms with Crippen LogP contribution in [0.3, 0.4) is 0 Å². The molecule has 118 heavy (non-hydrogen) atoms. The predicted molar refractivity (Wildman–Crippen MR) is 421 cm³/mol. The fourth-order valence-electron chi connectivity index (χ4n) is 16.1. The molecule has 6 rings (SSSR count). The van der Waals surface area contributed by atoms with E-state index in [0.29, 0.717) is 12.8 Å². The second kappa shape index (κ2) is 56.8. The van der Waals surface area contributed by atoms with Crippen molar-refractivity contribution in [1.29, 1.82) is 0 Å². The van der Waals surface area contributed by atoms with Crippen molar-refractivity contribution in [3.05, 3.63) is 12.2 Å². The summed E-state index contributed by atoms with van der Waals surface area (Å²) in [5.74, 6) is -1.96. The van der Waals surface area contributed by atoms with Gasteiger partial charge in [-0.1, -0.05) is 219 Å². The number of carbonyl (C=O) groups excluding carboxylic acids is 3. The molecule has 36 heteroatoms. The Kier molecular flexibility index (Phi) is 50.0. The van der Waals surface area contributed by atoms with Crippen molar-refractivity contribution < 1.29 is 163 Å². The number of hydrogen-bond acceptors (Lipinski definition) is 33. The summed E-state index contributed by atoms with van der Waals surface area (Å²) in [5, 5.41) is 209. The van der Waals surface area contributed by atoms with Crippen molar-refractivity contribution in [3.8, 4) is 0 Å². The van der Waals surface area contributed by atoms with Crippen LogP contribution in [0.4, 0.5) is 0 Å². The normalized spacial score (nSPS) is 35.9. The zero-order chi connectivity index (χ0) is 86.2. The molecule has 0 aromatic carbocycles. The number of allylic oxidation sites excluding steroid dienone is 1. The van der Waals surface area contributed by atoms with Crippen LogP contribution in [0.15, 0.2) is 12.2 Å². The Hall–Kier alpha value is -3.05. The molecule has 6 aliphatic heterocycles. The van der Waals surface area contributed by atoms with Crippen molar-refractivity contribution in [3.63, 3.8) is 0 Å². The van der Waals surface area contributed by atoms with Crippen LogP contribution < -0.4 is 16.0 Å². The lowest BCUT2D eigenvalue weighted by atomic mass is 9.94. The fraction of sp³-hybridized carbons (Fsp3) is 0.939. The SMILES string of the molecule is CCCCCCCCCCCCC/C=C/[C@@H](O)[C@H](CO[C@@H]1OC(CO)[C@@H](O[C@@H]2OC(CO[C@@H]3OC(CO)[C@@H](O[C@@H]4OC(CO)[C@H](O)[C@H](O)C4O)[C@H](O)C3NC(C)=O)[C@H](O)[C@H](O[C@H]3OC(CO)[C@H](O)[C@H](O[C@@H]4OC(CO)[C@H](O)[C@H](O)C4NC(C)=O)C3O)C2O)[C@H](O)C1O)NC(=O)CCCCCCCCCCCCCCCCCCCCCCC. The summed E-state index contributed by atoms with van der Waals surface area (Å²) in [4.78, 5) is 38.9. The van der Waals surface area contributed by atoms with Crippen LogP contribution in [0.25, 0.3) is 0 Å². The number of rotatable bonds is 58. The summed E-state index contributed by atoms with van der Waals surface area (Å²) in [6, 6.07) is -4.48. The lowest BCUT2D eigenvalue weighted by molar-refractivity contribution is -0.390. The van der Waals surface area contributed by atoms with E-state index in [9.17, 15) is 106 Å². The molecule has 0 aromatic heterocycles. The van der Waals surface area contributed by atoms with E-state index in [1.165, 1.54) is 148 Å². The number of aliphatic hydroxyl groups is 18. The predicted octanol–water partition coefficient (Wildman–Crippen LogP) is -0.0834. The Bertz CT molecular complexity index is 2710. The Labute approximate surface area is 694 Å². The van der Waals surface area contributed by atoms with Gasteiger partial charge in [-0.25, -0.2) is 0 Å². The maximum absolute atomic E-state index is 13.7. The molecule has 36 nitrogen and oxygen atoms in total. The van der Waals surface area contributed by atoms with Crippen molar-refractivity contribution in [1.82, 2.24) is 16.0 Å². The molecule has 32 atom stereocenters. The molecule has 6 fully saturated rings. The molecular weight excluding hydrogens is 1550 g/mol. The highest BCUT2D eigenvalue weighted by Crippen LogP contribution is 2.37. The van der Waals surface area contributed by atoms with Crippen LogP contribution in [0.1, 0.15) is 246 Å². The third kappa shape index (κ3) is 33.1. The summed E-state index contributed by atoms with van der Waals surface area (Å²) in [6.45, 7) is 0.227. The average Bonchev–Trinajstić information content (AvgIpc) is 0.803. The van der Waals surface area contributed by atoms with Crippen LogP contribution in [0, 0.1) is 0 Å². The van der Waals surface area contributed by atoms with Gasteiger partial charge in [0.1, 0.15) is 146 Å².